The molecule has 0 aromatic rings. The molecule has 1 N–H and O–H groups in total. The summed E-state index contributed by atoms with van der Waals surface area (Å²) < 4.78 is 0. The van der Waals surface area contributed by atoms with Crippen LogP contribution < -0.4 is 0 Å². The Labute approximate surface area is 62.2 Å². The van der Waals surface area contributed by atoms with Gasteiger partial charge in [-0.15, -0.1) is 0 Å². The lowest BCUT2D eigenvalue weighted by Gasteiger charge is -2.10. The minimum atomic E-state index is -0.736. The van der Waals surface area contributed by atoms with Crippen LogP contribution in [0.15, 0.2) is 0 Å². The van der Waals surface area contributed by atoms with E-state index in [1.807, 2.05) is 6.92 Å². The summed E-state index contributed by atoms with van der Waals surface area (Å²) in [6.07, 6.45) is 1.24. The Bertz CT molecular complexity index is 108. The van der Waals surface area contributed by atoms with Crippen LogP contribution in [-0.2, 0) is 4.79 Å². The third kappa shape index (κ3) is 3.49. The topological polar surface area (TPSA) is 37.3 Å². The zero-order chi connectivity index (χ0) is 8.15. The van der Waals surface area contributed by atoms with Crippen molar-refractivity contribution >= 4 is 5.97 Å². The molecular weight excluding hydrogens is 128 g/mol. The number of hydrogen-bond acceptors (Lipinski definition) is 1. The average Bonchev–Trinajstić information content (AvgIpc) is 1.81. The number of aliphatic carboxylic acids is 1. The molecule has 0 amide bonds. The molecule has 0 saturated carbocycles. The van der Waals surface area contributed by atoms with E-state index >= 15 is 0 Å². The minimum Gasteiger partial charge on any atom is -0.481 e. The maximum absolute atomic E-state index is 10.4. The van der Waals surface area contributed by atoms with E-state index in [0.717, 1.165) is 0 Å². The highest BCUT2D eigenvalue weighted by molar-refractivity contribution is 5.69. The van der Waals surface area contributed by atoms with Gasteiger partial charge in [0.15, 0.2) is 0 Å². The van der Waals surface area contributed by atoms with Crippen LogP contribution in [0, 0.1) is 25.7 Å². The van der Waals surface area contributed by atoms with Crippen molar-refractivity contribution in [3.63, 3.8) is 0 Å². The number of carboxylic acids is 1. The molecule has 1 atom stereocenters. The first-order valence-electron chi connectivity index (χ1n) is 3.46. The van der Waals surface area contributed by atoms with Crippen molar-refractivity contribution in [2.24, 2.45) is 11.8 Å². The van der Waals surface area contributed by atoms with Crippen LogP contribution in [0.1, 0.15) is 19.8 Å². The third-order valence-electron chi connectivity index (χ3n) is 1.46. The van der Waals surface area contributed by atoms with Gasteiger partial charge in [-0.05, 0) is 18.8 Å². The summed E-state index contributed by atoms with van der Waals surface area (Å²) >= 11 is 0. The predicted octanol–water partition coefficient (Wildman–Crippen LogP) is 1.77. The van der Waals surface area contributed by atoms with Gasteiger partial charge >= 0.3 is 5.97 Å². The van der Waals surface area contributed by atoms with Crippen LogP contribution in [-0.4, -0.2) is 11.1 Å². The van der Waals surface area contributed by atoms with Gasteiger partial charge in [-0.1, -0.05) is 20.8 Å². The van der Waals surface area contributed by atoms with E-state index < -0.39 is 5.97 Å². The van der Waals surface area contributed by atoms with Gasteiger partial charge in [-0.2, -0.15) is 0 Å². The van der Waals surface area contributed by atoms with Gasteiger partial charge in [0.2, 0.25) is 0 Å². The van der Waals surface area contributed by atoms with E-state index in [9.17, 15) is 4.79 Å². The average molecular weight is 142 g/mol. The van der Waals surface area contributed by atoms with E-state index in [1.165, 1.54) is 0 Å². The molecule has 0 fully saturated rings. The normalized spacial score (nSPS) is 13.6. The lowest BCUT2D eigenvalue weighted by atomic mass is 9.95. The lowest BCUT2D eigenvalue weighted by molar-refractivity contribution is -0.142. The summed E-state index contributed by atoms with van der Waals surface area (Å²) in [4.78, 5) is 10.4. The molecule has 2 radical (unpaired) electrons. The molecule has 0 rings (SSSR count). The zero-order valence-corrected chi connectivity index (χ0v) is 6.34. The Morgan fingerprint density at radius 3 is 2.20 bits per heavy atom. The molecule has 2 heteroatoms. The first kappa shape index (κ1) is 9.47. The second-order valence-corrected chi connectivity index (χ2v) is 2.55. The fraction of sp³-hybridized carbons (Fsp3) is 0.625. The summed E-state index contributed by atoms with van der Waals surface area (Å²) in [5, 5.41) is 8.57. The first-order chi connectivity index (χ1) is 4.57. The van der Waals surface area contributed by atoms with Crippen molar-refractivity contribution in [2.45, 2.75) is 19.8 Å². The number of carbonyl (C=O) groups is 1. The molecule has 0 spiro atoms. The fourth-order valence-electron chi connectivity index (χ4n) is 0.844. The van der Waals surface area contributed by atoms with Gasteiger partial charge in [0, 0.05) is 0 Å². The Kier molecular flexibility index (Phi) is 4.08. The standard InChI is InChI=1S/C8H14O2/c1-4-7(8(9)10)5-6(2)3/h6-7H,2-5H2,1H3,(H,9,10). The van der Waals surface area contributed by atoms with E-state index in [4.69, 9.17) is 5.11 Å². The van der Waals surface area contributed by atoms with Crippen molar-refractivity contribution < 1.29 is 9.90 Å². The minimum absolute atomic E-state index is 0.0129. The summed E-state index contributed by atoms with van der Waals surface area (Å²) in [5.41, 5.74) is 0. The van der Waals surface area contributed by atoms with E-state index in [1.54, 1.807) is 0 Å². The molecule has 0 heterocycles. The van der Waals surface area contributed by atoms with Crippen molar-refractivity contribution in [3.8, 4) is 0 Å². The van der Waals surface area contributed by atoms with Gasteiger partial charge in [0.1, 0.15) is 0 Å². The maximum Gasteiger partial charge on any atom is 0.306 e. The number of hydrogen-bond donors (Lipinski definition) is 1. The van der Waals surface area contributed by atoms with Crippen LogP contribution in [0.2, 0.25) is 0 Å². The molecule has 2 nitrogen and oxygen atoms in total. The van der Waals surface area contributed by atoms with E-state index in [2.05, 4.69) is 13.8 Å². The molecule has 0 aliphatic rings. The highest BCUT2D eigenvalue weighted by Crippen LogP contribution is 2.14. The lowest BCUT2D eigenvalue weighted by Crippen LogP contribution is -2.14. The van der Waals surface area contributed by atoms with E-state index in [0.29, 0.717) is 12.8 Å². The Hall–Kier alpha value is -0.530. The highest BCUT2D eigenvalue weighted by atomic mass is 16.4. The van der Waals surface area contributed by atoms with Crippen molar-refractivity contribution in [3.05, 3.63) is 13.8 Å². The molecule has 1 unspecified atom stereocenters. The van der Waals surface area contributed by atoms with E-state index in [-0.39, 0.29) is 11.8 Å². The predicted molar refractivity (Wildman–Crippen MR) is 40.2 cm³/mol. The summed E-state index contributed by atoms with van der Waals surface area (Å²) in [6.45, 7) is 9.13. The highest BCUT2D eigenvalue weighted by Gasteiger charge is 2.15. The second-order valence-electron chi connectivity index (χ2n) is 2.55. The van der Waals surface area contributed by atoms with Crippen LogP contribution in [0.5, 0.6) is 0 Å². The Morgan fingerprint density at radius 1 is 1.60 bits per heavy atom. The number of rotatable bonds is 4. The van der Waals surface area contributed by atoms with Crippen molar-refractivity contribution in [1.29, 1.82) is 0 Å². The largest absolute Gasteiger partial charge is 0.481 e. The van der Waals surface area contributed by atoms with Crippen LogP contribution in [0.3, 0.4) is 0 Å². The molecule has 58 valence electrons. The van der Waals surface area contributed by atoms with Crippen molar-refractivity contribution in [2.75, 3.05) is 0 Å². The quantitative estimate of drug-likeness (QED) is 0.649. The fourth-order valence-corrected chi connectivity index (χ4v) is 0.844. The molecule has 0 bridgehead atoms. The summed E-state index contributed by atoms with van der Waals surface area (Å²) in [5.74, 6) is -1.01. The molecule has 0 aromatic carbocycles. The number of carboxylic acid groups (broad SMARTS) is 1. The van der Waals surface area contributed by atoms with Gasteiger partial charge in [0.25, 0.3) is 0 Å². The van der Waals surface area contributed by atoms with Crippen molar-refractivity contribution in [1.82, 2.24) is 0 Å². The maximum atomic E-state index is 10.4. The van der Waals surface area contributed by atoms with Crippen LogP contribution in [0.25, 0.3) is 0 Å². The molecule has 0 saturated heterocycles. The SMILES string of the molecule is [CH2]C([CH2])CC(CC)C(=O)O. The molecule has 0 aliphatic carbocycles. The molecule has 0 aromatic heterocycles. The van der Waals surface area contributed by atoms with Gasteiger partial charge in [-0.3, -0.25) is 4.79 Å². The van der Waals surface area contributed by atoms with Gasteiger partial charge in [-0.25, -0.2) is 0 Å². The second kappa shape index (κ2) is 4.31. The molecular formula is C8H14O2. The zero-order valence-electron chi connectivity index (χ0n) is 6.34. The Morgan fingerprint density at radius 2 is 2.10 bits per heavy atom. The van der Waals surface area contributed by atoms with Crippen LogP contribution in [0.4, 0.5) is 0 Å². The summed E-state index contributed by atoms with van der Waals surface area (Å²) in [6, 6.07) is 0. The molecule has 0 aliphatic heterocycles. The van der Waals surface area contributed by atoms with Crippen LogP contribution >= 0.6 is 0 Å². The Balaban J connectivity index is 3.72. The first-order valence-corrected chi connectivity index (χ1v) is 3.46. The van der Waals surface area contributed by atoms with Gasteiger partial charge in [0.05, 0.1) is 5.92 Å². The molecule has 10 heavy (non-hydrogen) atoms. The van der Waals surface area contributed by atoms with Gasteiger partial charge < -0.3 is 5.11 Å². The third-order valence-corrected chi connectivity index (χ3v) is 1.46. The monoisotopic (exact) mass is 142 g/mol. The summed E-state index contributed by atoms with van der Waals surface area (Å²) in [7, 11) is 0. The smallest absolute Gasteiger partial charge is 0.306 e.